The second-order valence-corrected chi connectivity index (χ2v) is 5.71. The van der Waals surface area contributed by atoms with Gasteiger partial charge in [0.15, 0.2) is 11.5 Å². The lowest BCUT2D eigenvalue weighted by atomic mass is 10.4. The Balaban J connectivity index is 1.64. The Morgan fingerprint density at radius 1 is 1.40 bits per heavy atom. The summed E-state index contributed by atoms with van der Waals surface area (Å²) in [4.78, 5) is 9.95. The Morgan fingerprint density at radius 2 is 2.30 bits per heavy atom. The monoisotopic (exact) mass is 308 g/mol. The summed E-state index contributed by atoms with van der Waals surface area (Å²) < 4.78 is 7.29. The molecule has 0 radical (unpaired) electrons. The first-order chi connectivity index (χ1) is 9.74. The molecule has 7 heteroatoms. The molecule has 0 aliphatic rings. The van der Waals surface area contributed by atoms with Crippen LogP contribution in [0.15, 0.2) is 23.7 Å². The van der Waals surface area contributed by atoms with Crippen LogP contribution in [0.5, 0.6) is 0 Å². The molecule has 0 bridgehead atoms. The SMILES string of the molecule is Cn1ncc2c(Cl)nc(COCCc3cccs3)nc21. The zero-order valence-electron chi connectivity index (χ0n) is 10.9. The summed E-state index contributed by atoms with van der Waals surface area (Å²) in [6.07, 6.45) is 2.57. The van der Waals surface area contributed by atoms with E-state index in [0.29, 0.717) is 24.2 Å². The Kier molecular flexibility index (Phi) is 3.95. The van der Waals surface area contributed by atoms with Crippen LogP contribution in [0.1, 0.15) is 10.7 Å². The Hall–Kier alpha value is -1.50. The summed E-state index contributed by atoms with van der Waals surface area (Å²) in [5, 5.41) is 7.36. The number of ether oxygens (including phenoxy) is 1. The number of nitrogens with zero attached hydrogens (tertiary/aromatic N) is 4. The van der Waals surface area contributed by atoms with Gasteiger partial charge in [0, 0.05) is 18.3 Å². The van der Waals surface area contributed by atoms with Crippen molar-refractivity contribution in [3.05, 3.63) is 39.6 Å². The molecule has 104 valence electrons. The maximum atomic E-state index is 6.11. The molecular weight excluding hydrogens is 296 g/mol. The van der Waals surface area contributed by atoms with Crippen molar-refractivity contribution in [3.8, 4) is 0 Å². The number of hydrogen-bond acceptors (Lipinski definition) is 5. The van der Waals surface area contributed by atoms with E-state index in [9.17, 15) is 0 Å². The number of aryl methyl sites for hydroxylation is 1. The molecule has 0 aliphatic carbocycles. The molecule has 20 heavy (non-hydrogen) atoms. The largest absolute Gasteiger partial charge is 0.373 e. The van der Waals surface area contributed by atoms with Crippen molar-refractivity contribution in [1.29, 1.82) is 0 Å². The van der Waals surface area contributed by atoms with E-state index in [4.69, 9.17) is 16.3 Å². The minimum atomic E-state index is 0.353. The highest BCUT2D eigenvalue weighted by Gasteiger charge is 2.09. The first-order valence-corrected chi connectivity index (χ1v) is 7.44. The van der Waals surface area contributed by atoms with Gasteiger partial charge in [-0.15, -0.1) is 11.3 Å². The molecule has 3 heterocycles. The summed E-state index contributed by atoms with van der Waals surface area (Å²) >= 11 is 7.84. The number of fused-ring (bicyclic) bond motifs is 1. The summed E-state index contributed by atoms with van der Waals surface area (Å²) in [7, 11) is 1.83. The molecule has 0 spiro atoms. The first-order valence-electron chi connectivity index (χ1n) is 6.18. The maximum absolute atomic E-state index is 6.11. The number of hydrogen-bond donors (Lipinski definition) is 0. The standard InChI is InChI=1S/C13H13ClN4OS/c1-18-13-10(7-15-18)12(14)16-11(17-13)8-19-5-4-9-3-2-6-20-9/h2-3,6-7H,4-5,8H2,1H3. The van der Waals surface area contributed by atoms with Gasteiger partial charge >= 0.3 is 0 Å². The molecule has 0 saturated heterocycles. The van der Waals surface area contributed by atoms with E-state index in [-0.39, 0.29) is 0 Å². The Bertz CT molecular complexity index is 711. The molecule has 0 amide bonds. The third-order valence-electron chi connectivity index (χ3n) is 2.90. The van der Waals surface area contributed by atoms with Crippen LogP contribution in [0.2, 0.25) is 5.15 Å². The molecule has 0 saturated carbocycles. The second kappa shape index (κ2) is 5.87. The lowest BCUT2D eigenvalue weighted by Gasteiger charge is -2.04. The van der Waals surface area contributed by atoms with Crippen LogP contribution >= 0.6 is 22.9 Å². The van der Waals surface area contributed by atoms with E-state index in [0.717, 1.165) is 17.5 Å². The van der Waals surface area contributed by atoms with Crippen molar-refractivity contribution in [3.63, 3.8) is 0 Å². The van der Waals surface area contributed by atoms with Crippen LogP contribution < -0.4 is 0 Å². The molecule has 3 aromatic heterocycles. The third kappa shape index (κ3) is 2.82. The van der Waals surface area contributed by atoms with Crippen molar-refractivity contribution >= 4 is 34.0 Å². The molecule has 0 N–H and O–H groups in total. The van der Waals surface area contributed by atoms with Crippen LogP contribution in [0, 0.1) is 0 Å². The summed E-state index contributed by atoms with van der Waals surface area (Å²) in [6.45, 7) is 0.997. The van der Waals surface area contributed by atoms with Crippen molar-refractivity contribution < 1.29 is 4.74 Å². The number of rotatable bonds is 5. The highest BCUT2D eigenvalue weighted by molar-refractivity contribution is 7.09. The van der Waals surface area contributed by atoms with E-state index < -0.39 is 0 Å². The summed E-state index contributed by atoms with van der Waals surface area (Å²) in [5.74, 6) is 0.581. The molecule has 0 unspecified atom stereocenters. The quantitative estimate of drug-likeness (QED) is 0.537. The maximum Gasteiger partial charge on any atom is 0.162 e. The summed E-state index contributed by atoms with van der Waals surface area (Å²) in [6, 6.07) is 4.14. The molecule has 3 rings (SSSR count). The van der Waals surface area contributed by atoms with Crippen molar-refractivity contribution in [2.45, 2.75) is 13.0 Å². The van der Waals surface area contributed by atoms with E-state index >= 15 is 0 Å². The number of aromatic nitrogens is 4. The lowest BCUT2D eigenvalue weighted by molar-refractivity contribution is 0.119. The molecule has 3 aromatic rings. The molecular formula is C13H13ClN4OS. The molecule has 0 fully saturated rings. The predicted octanol–water partition coefficient (Wildman–Crippen LogP) is 2.84. The van der Waals surface area contributed by atoms with Gasteiger partial charge < -0.3 is 4.74 Å². The number of halogens is 1. The Labute approximate surface area is 125 Å². The molecule has 5 nitrogen and oxygen atoms in total. The average molecular weight is 309 g/mol. The highest BCUT2D eigenvalue weighted by Crippen LogP contribution is 2.19. The second-order valence-electron chi connectivity index (χ2n) is 4.32. The van der Waals surface area contributed by atoms with Crippen LogP contribution in [0.25, 0.3) is 11.0 Å². The normalized spacial score (nSPS) is 11.3. The number of thiophene rings is 1. The van der Waals surface area contributed by atoms with Crippen LogP contribution in [-0.2, 0) is 24.8 Å². The van der Waals surface area contributed by atoms with E-state index in [1.54, 1.807) is 22.2 Å². The van der Waals surface area contributed by atoms with Gasteiger partial charge in [0.1, 0.15) is 11.8 Å². The van der Waals surface area contributed by atoms with Gasteiger partial charge in [0.05, 0.1) is 18.2 Å². The van der Waals surface area contributed by atoms with E-state index in [1.165, 1.54) is 4.88 Å². The molecule has 0 aliphatic heterocycles. The van der Waals surface area contributed by atoms with Gasteiger partial charge in [-0.05, 0) is 11.4 Å². The molecule has 0 atom stereocenters. The van der Waals surface area contributed by atoms with Crippen molar-refractivity contribution in [2.75, 3.05) is 6.61 Å². The van der Waals surface area contributed by atoms with Crippen molar-refractivity contribution in [1.82, 2.24) is 19.7 Å². The van der Waals surface area contributed by atoms with E-state index in [2.05, 4.69) is 26.5 Å². The fourth-order valence-corrected chi connectivity index (χ4v) is 2.81. The van der Waals surface area contributed by atoms with Crippen LogP contribution in [-0.4, -0.2) is 26.4 Å². The zero-order valence-corrected chi connectivity index (χ0v) is 12.5. The molecule has 0 aromatic carbocycles. The third-order valence-corrected chi connectivity index (χ3v) is 4.12. The van der Waals surface area contributed by atoms with Gasteiger partial charge in [-0.1, -0.05) is 17.7 Å². The predicted molar refractivity (Wildman–Crippen MR) is 79.0 cm³/mol. The van der Waals surface area contributed by atoms with Gasteiger partial charge in [-0.25, -0.2) is 9.97 Å². The summed E-state index contributed by atoms with van der Waals surface area (Å²) in [5.41, 5.74) is 0.724. The Morgan fingerprint density at radius 3 is 3.10 bits per heavy atom. The highest BCUT2D eigenvalue weighted by atomic mass is 35.5. The average Bonchev–Trinajstić information content (AvgIpc) is 3.06. The smallest absolute Gasteiger partial charge is 0.162 e. The first kappa shape index (κ1) is 13.5. The van der Waals surface area contributed by atoms with Crippen molar-refractivity contribution in [2.24, 2.45) is 7.05 Å². The zero-order chi connectivity index (χ0) is 13.9. The van der Waals surface area contributed by atoms with Gasteiger partial charge in [0.2, 0.25) is 0 Å². The fraction of sp³-hybridized carbons (Fsp3) is 0.308. The fourth-order valence-electron chi connectivity index (χ4n) is 1.89. The van der Waals surface area contributed by atoms with Crippen LogP contribution in [0.4, 0.5) is 0 Å². The van der Waals surface area contributed by atoms with E-state index in [1.807, 2.05) is 13.1 Å². The van der Waals surface area contributed by atoms with Crippen LogP contribution in [0.3, 0.4) is 0 Å². The minimum Gasteiger partial charge on any atom is -0.373 e. The van der Waals surface area contributed by atoms with Gasteiger partial charge in [-0.2, -0.15) is 5.10 Å². The topological polar surface area (TPSA) is 52.8 Å². The van der Waals surface area contributed by atoms with Gasteiger partial charge in [0.25, 0.3) is 0 Å². The minimum absolute atomic E-state index is 0.353. The lowest BCUT2D eigenvalue weighted by Crippen LogP contribution is -2.04. The van der Waals surface area contributed by atoms with Gasteiger partial charge in [-0.3, -0.25) is 4.68 Å².